The number of carbonyl (C=O) groups is 2. The summed E-state index contributed by atoms with van der Waals surface area (Å²) in [5.41, 5.74) is 2.34. The van der Waals surface area contributed by atoms with Gasteiger partial charge in [0.15, 0.2) is 6.61 Å². The van der Waals surface area contributed by atoms with E-state index in [9.17, 15) is 9.59 Å². The number of hydrogen-bond acceptors (Lipinski definition) is 5. The van der Waals surface area contributed by atoms with Gasteiger partial charge < -0.3 is 14.8 Å². The molecular formula is C17H19NO4S. The van der Waals surface area contributed by atoms with Crippen molar-refractivity contribution in [1.82, 2.24) is 0 Å². The fourth-order valence-corrected chi connectivity index (χ4v) is 3.07. The van der Waals surface area contributed by atoms with Crippen LogP contribution >= 0.6 is 11.3 Å². The number of methoxy groups -OCH3 is 1. The van der Waals surface area contributed by atoms with Crippen LogP contribution in [0.3, 0.4) is 0 Å². The summed E-state index contributed by atoms with van der Waals surface area (Å²) >= 11 is 1.35. The lowest BCUT2D eigenvalue weighted by atomic mass is 10.1. The molecule has 0 radical (unpaired) electrons. The first-order valence-corrected chi connectivity index (χ1v) is 7.91. The van der Waals surface area contributed by atoms with Crippen molar-refractivity contribution in [2.45, 2.75) is 20.8 Å². The van der Waals surface area contributed by atoms with Crippen LogP contribution in [0, 0.1) is 20.8 Å². The molecule has 23 heavy (non-hydrogen) atoms. The number of ether oxygens (including phenoxy) is 2. The first-order chi connectivity index (χ1) is 10.9. The highest BCUT2D eigenvalue weighted by Crippen LogP contribution is 2.32. The van der Waals surface area contributed by atoms with Gasteiger partial charge in [-0.1, -0.05) is 17.7 Å². The average molecular weight is 333 g/mol. The van der Waals surface area contributed by atoms with Crippen molar-refractivity contribution in [3.05, 3.63) is 45.8 Å². The second kappa shape index (κ2) is 7.28. The van der Waals surface area contributed by atoms with Gasteiger partial charge in [0.25, 0.3) is 5.91 Å². The number of amides is 1. The number of esters is 1. The van der Waals surface area contributed by atoms with Crippen LogP contribution in [0.15, 0.2) is 24.3 Å². The molecule has 1 aromatic carbocycles. The Morgan fingerprint density at radius 2 is 1.78 bits per heavy atom. The number of rotatable bonds is 5. The van der Waals surface area contributed by atoms with Crippen LogP contribution in [0.1, 0.15) is 26.4 Å². The quantitative estimate of drug-likeness (QED) is 0.851. The number of aryl methyl sites for hydroxylation is 2. The predicted molar refractivity (Wildman–Crippen MR) is 90.4 cm³/mol. The molecule has 1 heterocycles. The Morgan fingerprint density at radius 1 is 1.13 bits per heavy atom. The molecule has 0 aliphatic heterocycles. The Labute approximate surface area is 139 Å². The van der Waals surface area contributed by atoms with Gasteiger partial charge in [0.05, 0.1) is 12.7 Å². The van der Waals surface area contributed by atoms with E-state index in [1.54, 1.807) is 0 Å². The minimum atomic E-state index is -0.457. The molecule has 0 fully saturated rings. The molecule has 122 valence electrons. The molecule has 1 aromatic heterocycles. The molecule has 0 bridgehead atoms. The third-order valence-corrected chi connectivity index (χ3v) is 4.54. The fraction of sp³-hybridized carbons (Fsp3) is 0.294. The van der Waals surface area contributed by atoms with Gasteiger partial charge in [0, 0.05) is 4.88 Å². The topological polar surface area (TPSA) is 64.6 Å². The Balaban J connectivity index is 2.04. The summed E-state index contributed by atoms with van der Waals surface area (Å²) in [4.78, 5) is 24.9. The number of nitrogens with one attached hydrogen (secondary N) is 1. The maximum Gasteiger partial charge on any atom is 0.341 e. The lowest BCUT2D eigenvalue weighted by Crippen LogP contribution is -2.21. The van der Waals surface area contributed by atoms with E-state index in [0.717, 1.165) is 16.0 Å². The Hall–Kier alpha value is -2.34. The number of anilines is 1. The van der Waals surface area contributed by atoms with Gasteiger partial charge in [-0.3, -0.25) is 4.79 Å². The van der Waals surface area contributed by atoms with Gasteiger partial charge in [-0.2, -0.15) is 0 Å². The Bertz CT molecular complexity index is 719. The van der Waals surface area contributed by atoms with E-state index in [1.165, 1.54) is 18.4 Å². The SMILES string of the molecule is COC(=O)c1c(NC(=O)COc2ccc(C)cc2)sc(C)c1C. The second-order valence-electron chi connectivity index (χ2n) is 5.13. The van der Waals surface area contributed by atoms with E-state index in [0.29, 0.717) is 16.3 Å². The molecule has 0 aliphatic rings. The van der Waals surface area contributed by atoms with Crippen LogP contribution in [0.25, 0.3) is 0 Å². The van der Waals surface area contributed by atoms with Crippen molar-refractivity contribution in [2.24, 2.45) is 0 Å². The molecule has 0 spiro atoms. The van der Waals surface area contributed by atoms with Gasteiger partial charge in [-0.25, -0.2) is 4.79 Å². The second-order valence-corrected chi connectivity index (χ2v) is 6.35. The molecule has 1 amide bonds. The van der Waals surface area contributed by atoms with Crippen LogP contribution < -0.4 is 10.1 Å². The molecule has 5 nitrogen and oxygen atoms in total. The van der Waals surface area contributed by atoms with E-state index in [-0.39, 0.29) is 12.5 Å². The average Bonchev–Trinajstić information content (AvgIpc) is 2.80. The van der Waals surface area contributed by atoms with Crippen LogP contribution in [0.5, 0.6) is 5.75 Å². The van der Waals surface area contributed by atoms with Crippen molar-refractivity contribution in [1.29, 1.82) is 0 Å². The number of carbonyl (C=O) groups excluding carboxylic acids is 2. The maximum absolute atomic E-state index is 12.1. The Morgan fingerprint density at radius 3 is 2.39 bits per heavy atom. The molecule has 0 saturated carbocycles. The largest absolute Gasteiger partial charge is 0.484 e. The molecule has 1 N–H and O–H groups in total. The summed E-state index contributed by atoms with van der Waals surface area (Å²) in [6.45, 7) is 5.58. The zero-order valence-electron chi connectivity index (χ0n) is 13.6. The van der Waals surface area contributed by atoms with Gasteiger partial charge >= 0.3 is 5.97 Å². The van der Waals surface area contributed by atoms with Gasteiger partial charge in [-0.15, -0.1) is 11.3 Å². The monoisotopic (exact) mass is 333 g/mol. The highest BCUT2D eigenvalue weighted by atomic mass is 32.1. The number of benzene rings is 1. The van der Waals surface area contributed by atoms with Gasteiger partial charge in [0.2, 0.25) is 0 Å². The van der Waals surface area contributed by atoms with Crippen molar-refractivity contribution >= 4 is 28.2 Å². The third kappa shape index (κ3) is 4.10. The number of thiophene rings is 1. The molecule has 2 aromatic rings. The van der Waals surface area contributed by atoms with Crippen LogP contribution in [0.4, 0.5) is 5.00 Å². The van der Waals surface area contributed by atoms with Crippen LogP contribution in [-0.4, -0.2) is 25.6 Å². The zero-order chi connectivity index (χ0) is 17.0. The standard InChI is InChI=1S/C17H19NO4S/c1-10-5-7-13(8-6-10)22-9-14(19)18-16-15(17(20)21-4)11(2)12(3)23-16/h5-8H,9H2,1-4H3,(H,18,19). The minimum Gasteiger partial charge on any atom is -0.484 e. The molecule has 0 saturated heterocycles. The highest BCUT2D eigenvalue weighted by molar-refractivity contribution is 7.16. The summed E-state index contributed by atoms with van der Waals surface area (Å²) in [5, 5.41) is 3.21. The molecule has 0 aliphatic carbocycles. The van der Waals surface area contributed by atoms with Gasteiger partial charge in [-0.05, 0) is 38.5 Å². The normalized spacial score (nSPS) is 10.3. The summed E-state index contributed by atoms with van der Waals surface area (Å²) in [6, 6.07) is 7.44. The summed E-state index contributed by atoms with van der Waals surface area (Å²) in [5.74, 6) is -0.156. The van der Waals surface area contributed by atoms with Crippen LogP contribution in [-0.2, 0) is 9.53 Å². The third-order valence-electron chi connectivity index (χ3n) is 3.42. The fourth-order valence-electron chi connectivity index (χ4n) is 2.01. The summed E-state index contributed by atoms with van der Waals surface area (Å²) < 4.78 is 10.2. The smallest absolute Gasteiger partial charge is 0.341 e. The summed E-state index contributed by atoms with van der Waals surface area (Å²) in [7, 11) is 1.32. The lowest BCUT2D eigenvalue weighted by molar-refractivity contribution is -0.118. The van der Waals surface area contributed by atoms with Crippen molar-refractivity contribution in [2.75, 3.05) is 19.0 Å². The van der Waals surface area contributed by atoms with E-state index >= 15 is 0 Å². The summed E-state index contributed by atoms with van der Waals surface area (Å²) in [6.07, 6.45) is 0. The molecule has 6 heteroatoms. The first-order valence-electron chi connectivity index (χ1n) is 7.10. The van der Waals surface area contributed by atoms with E-state index < -0.39 is 5.97 Å². The molecular weight excluding hydrogens is 314 g/mol. The predicted octanol–water partition coefficient (Wildman–Crippen LogP) is 3.48. The van der Waals surface area contributed by atoms with E-state index in [1.807, 2.05) is 45.0 Å². The van der Waals surface area contributed by atoms with Crippen molar-refractivity contribution in [3.63, 3.8) is 0 Å². The van der Waals surface area contributed by atoms with Crippen molar-refractivity contribution in [3.8, 4) is 5.75 Å². The van der Waals surface area contributed by atoms with Crippen molar-refractivity contribution < 1.29 is 19.1 Å². The molecule has 0 unspecified atom stereocenters. The minimum absolute atomic E-state index is 0.125. The lowest BCUT2D eigenvalue weighted by Gasteiger charge is -2.08. The van der Waals surface area contributed by atoms with E-state index in [4.69, 9.17) is 9.47 Å². The Kier molecular flexibility index (Phi) is 5.39. The van der Waals surface area contributed by atoms with Gasteiger partial charge in [0.1, 0.15) is 10.8 Å². The zero-order valence-corrected chi connectivity index (χ0v) is 14.4. The van der Waals surface area contributed by atoms with Crippen LogP contribution in [0.2, 0.25) is 0 Å². The number of hydrogen-bond donors (Lipinski definition) is 1. The molecule has 0 atom stereocenters. The molecule has 2 rings (SSSR count). The maximum atomic E-state index is 12.1. The first kappa shape index (κ1) is 17.0. The highest BCUT2D eigenvalue weighted by Gasteiger charge is 2.21. The van der Waals surface area contributed by atoms with E-state index in [2.05, 4.69) is 5.32 Å².